The number of ether oxygens (including phenoxy) is 1. The van der Waals surface area contributed by atoms with E-state index in [4.69, 9.17) is 21.5 Å². The van der Waals surface area contributed by atoms with Crippen LogP contribution in [0.25, 0.3) is 0 Å². The minimum absolute atomic E-state index is 0.389. The van der Waals surface area contributed by atoms with Crippen LogP contribution in [-0.2, 0) is 11.3 Å². The summed E-state index contributed by atoms with van der Waals surface area (Å²) in [5.41, 5.74) is 15.6. The molecule has 8 nitrogen and oxygen atoms in total. The number of anilines is 2. The molecule has 0 fully saturated rings. The molecule has 156 valence electrons. The van der Waals surface area contributed by atoms with Gasteiger partial charge < -0.3 is 21.5 Å². The molecule has 0 bridgehead atoms. The first-order valence-corrected chi connectivity index (χ1v) is 9.17. The summed E-state index contributed by atoms with van der Waals surface area (Å²) in [6.45, 7) is 13.3. The van der Waals surface area contributed by atoms with Crippen molar-refractivity contribution in [3.8, 4) is 6.07 Å². The number of pyridine rings is 2. The fraction of sp³-hybridized carbons (Fsp3) is 0.429. The molecule has 0 saturated heterocycles. The van der Waals surface area contributed by atoms with Gasteiger partial charge in [-0.3, -0.25) is 0 Å². The van der Waals surface area contributed by atoms with Gasteiger partial charge in [0.15, 0.2) is 0 Å². The maximum absolute atomic E-state index is 11.5. The van der Waals surface area contributed by atoms with Crippen LogP contribution in [0.3, 0.4) is 0 Å². The molecular weight excluding hydrogens is 368 g/mol. The van der Waals surface area contributed by atoms with Crippen LogP contribution in [-0.4, -0.2) is 21.7 Å². The lowest BCUT2D eigenvalue weighted by Gasteiger charge is -2.20. The number of carbonyl (C=O) groups is 1. The van der Waals surface area contributed by atoms with Crippen molar-refractivity contribution < 1.29 is 9.53 Å². The van der Waals surface area contributed by atoms with Gasteiger partial charge in [0.05, 0.1) is 11.3 Å². The molecule has 0 unspecified atom stereocenters. The number of hydrogen-bond acceptors (Lipinski definition) is 7. The van der Waals surface area contributed by atoms with Crippen molar-refractivity contribution in [2.24, 2.45) is 0 Å². The first kappa shape index (κ1) is 23.7. The van der Waals surface area contributed by atoms with Gasteiger partial charge >= 0.3 is 6.09 Å². The number of hydrogen-bond donors (Lipinski definition) is 3. The van der Waals surface area contributed by atoms with Crippen molar-refractivity contribution in [2.45, 2.75) is 60.6 Å². The molecule has 2 aromatic heterocycles. The minimum atomic E-state index is -0.493. The van der Waals surface area contributed by atoms with Gasteiger partial charge in [-0.2, -0.15) is 5.26 Å². The van der Waals surface area contributed by atoms with Crippen LogP contribution in [0.5, 0.6) is 0 Å². The summed E-state index contributed by atoms with van der Waals surface area (Å²) >= 11 is 0. The van der Waals surface area contributed by atoms with Crippen LogP contribution in [0.1, 0.15) is 54.4 Å². The predicted octanol–water partition coefficient (Wildman–Crippen LogP) is 3.46. The highest BCUT2D eigenvalue weighted by Gasteiger charge is 2.16. The third kappa shape index (κ3) is 7.66. The largest absolute Gasteiger partial charge is 0.444 e. The Hall–Kier alpha value is -3.34. The van der Waals surface area contributed by atoms with E-state index in [1.807, 2.05) is 41.5 Å². The van der Waals surface area contributed by atoms with Gasteiger partial charge in [0, 0.05) is 12.2 Å². The van der Waals surface area contributed by atoms with Gasteiger partial charge in [-0.05, 0) is 77.3 Å². The highest BCUT2D eigenvalue weighted by atomic mass is 16.6. The number of alkyl carbamates (subject to hydrolysis) is 1. The number of nitriles is 1. The lowest BCUT2D eigenvalue weighted by molar-refractivity contribution is 0.0523. The second-order valence-electron chi connectivity index (χ2n) is 7.72. The molecule has 29 heavy (non-hydrogen) atoms. The summed E-state index contributed by atoms with van der Waals surface area (Å²) in [7, 11) is 0. The van der Waals surface area contributed by atoms with Crippen molar-refractivity contribution in [2.75, 3.05) is 11.5 Å². The second kappa shape index (κ2) is 9.73. The molecule has 0 aromatic carbocycles. The Morgan fingerprint density at radius 3 is 2.03 bits per heavy atom. The molecule has 1 amide bonds. The van der Waals surface area contributed by atoms with Crippen molar-refractivity contribution in [1.82, 2.24) is 15.3 Å². The van der Waals surface area contributed by atoms with Crippen molar-refractivity contribution in [3.05, 3.63) is 45.8 Å². The zero-order chi connectivity index (χ0) is 22.4. The van der Waals surface area contributed by atoms with Gasteiger partial charge in [0.1, 0.15) is 23.3 Å². The third-order valence-electron chi connectivity index (χ3n) is 3.91. The summed E-state index contributed by atoms with van der Waals surface area (Å²) in [6, 6.07) is 5.56. The first-order chi connectivity index (χ1) is 13.3. The molecule has 0 radical (unpaired) electrons. The fourth-order valence-corrected chi connectivity index (χ4v) is 2.66. The van der Waals surface area contributed by atoms with Gasteiger partial charge in [0.25, 0.3) is 0 Å². The summed E-state index contributed by atoms with van der Waals surface area (Å²) in [6.07, 6.45) is -0.432. The van der Waals surface area contributed by atoms with Gasteiger partial charge in [-0.15, -0.1) is 0 Å². The van der Waals surface area contributed by atoms with Gasteiger partial charge in [-0.1, -0.05) is 0 Å². The van der Waals surface area contributed by atoms with E-state index < -0.39 is 11.7 Å². The predicted molar refractivity (Wildman–Crippen MR) is 114 cm³/mol. The van der Waals surface area contributed by atoms with E-state index >= 15 is 0 Å². The van der Waals surface area contributed by atoms with Crippen LogP contribution in [0.2, 0.25) is 0 Å². The van der Waals surface area contributed by atoms with Crippen molar-refractivity contribution in [3.63, 3.8) is 0 Å². The Bertz CT molecular complexity index is 880. The lowest BCUT2D eigenvalue weighted by Crippen LogP contribution is -2.32. The Morgan fingerprint density at radius 2 is 1.59 bits per heavy atom. The van der Waals surface area contributed by atoms with E-state index in [1.54, 1.807) is 19.1 Å². The second-order valence-corrected chi connectivity index (χ2v) is 7.72. The van der Waals surface area contributed by atoms with Crippen LogP contribution >= 0.6 is 0 Å². The number of nitrogens with one attached hydrogen (secondary N) is 1. The van der Waals surface area contributed by atoms with E-state index in [0.29, 0.717) is 29.4 Å². The first-order valence-electron chi connectivity index (χ1n) is 9.17. The van der Waals surface area contributed by atoms with Crippen molar-refractivity contribution >= 4 is 17.7 Å². The Kier molecular flexibility index (Phi) is 7.95. The molecular formula is C21H30N6O2. The average molecular weight is 399 g/mol. The average Bonchev–Trinajstić information content (AvgIpc) is 2.52. The Balaban J connectivity index is 0.000000326. The zero-order valence-corrected chi connectivity index (χ0v) is 18.2. The number of nitrogen functional groups attached to an aromatic ring is 2. The lowest BCUT2D eigenvalue weighted by atomic mass is 10.1. The van der Waals surface area contributed by atoms with Crippen LogP contribution < -0.4 is 16.8 Å². The number of amides is 1. The molecule has 0 aliphatic heterocycles. The van der Waals surface area contributed by atoms with E-state index in [0.717, 1.165) is 22.4 Å². The minimum Gasteiger partial charge on any atom is -0.444 e. The number of rotatable bonds is 2. The Morgan fingerprint density at radius 1 is 1.07 bits per heavy atom. The molecule has 2 rings (SSSR count). The summed E-state index contributed by atoms with van der Waals surface area (Å²) in [4.78, 5) is 19.7. The molecule has 0 aliphatic rings. The monoisotopic (exact) mass is 398 g/mol. The van der Waals surface area contributed by atoms with Crippen molar-refractivity contribution in [1.29, 1.82) is 5.26 Å². The van der Waals surface area contributed by atoms with E-state index in [9.17, 15) is 4.79 Å². The smallest absolute Gasteiger partial charge is 0.407 e. The molecule has 0 saturated carbocycles. The molecule has 8 heteroatoms. The Labute approximate surface area is 172 Å². The SMILES string of the molecule is Cc1cc(N)nc(C)c1C#N.Cc1cc(N)nc(C)c1CNC(=O)OC(C)(C)C. The summed E-state index contributed by atoms with van der Waals surface area (Å²) < 4.78 is 5.17. The fourth-order valence-electron chi connectivity index (χ4n) is 2.66. The van der Waals surface area contributed by atoms with E-state index in [1.165, 1.54) is 0 Å². The molecule has 0 aliphatic carbocycles. The quantitative estimate of drug-likeness (QED) is 0.703. The number of nitrogens with two attached hydrogens (primary N) is 2. The number of nitrogens with zero attached hydrogens (tertiary/aromatic N) is 3. The highest BCUT2D eigenvalue weighted by molar-refractivity contribution is 5.67. The highest BCUT2D eigenvalue weighted by Crippen LogP contribution is 2.15. The molecule has 2 heterocycles. The van der Waals surface area contributed by atoms with Crippen LogP contribution in [0.15, 0.2) is 12.1 Å². The third-order valence-corrected chi connectivity index (χ3v) is 3.91. The van der Waals surface area contributed by atoms with Crippen LogP contribution in [0.4, 0.5) is 16.4 Å². The zero-order valence-electron chi connectivity index (χ0n) is 18.2. The maximum Gasteiger partial charge on any atom is 0.407 e. The summed E-state index contributed by atoms with van der Waals surface area (Å²) in [5, 5.41) is 11.4. The number of carbonyl (C=O) groups excluding carboxylic acids is 1. The molecule has 0 spiro atoms. The van der Waals surface area contributed by atoms with Gasteiger partial charge in [-0.25, -0.2) is 14.8 Å². The molecule has 0 atom stereocenters. The van der Waals surface area contributed by atoms with E-state index in [2.05, 4.69) is 21.4 Å². The van der Waals surface area contributed by atoms with E-state index in [-0.39, 0.29) is 0 Å². The van der Waals surface area contributed by atoms with Gasteiger partial charge in [0.2, 0.25) is 0 Å². The topological polar surface area (TPSA) is 140 Å². The number of aryl methyl sites for hydroxylation is 4. The normalized spacial score (nSPS) is 10.4. The van der Waals surface area contributed by atoms with Crippen LogP contribution in [0, 0.1) is 39.0 Å². The standard InChI is InChI=1S/C13H21N3O2.C8H9N3/c1-8-6-11(14)16-9(2)10(8)7-15-12(17)18-13(3,4)5;1-5-3-8(10)11-6(2)7(5)4-9/h6H,7H2,1-5H3,(H2,14,16)(H,15,17);3H,1-2H3,(H2,10,11). The molecule has 2 aromatic rings. The molecule has 5 N–H and O–H groups in total. The maximum atomic E-state index is 11.5. The summed E-state index contributed by atoms with van der Waals surface area (Å²) in [5.74, 6) is 0.963. The number of aromatic nitrogens is 2.